The van der Waals surface area contributed by atoms with Crippen molar-refractivity contribution in [3.05, 3.63) is 29.8 Å². The first-order valence-electron chi connectivity index (χ1n) is 6.95. The number of nitrogens with zero attached hydrogens (tertiary/aromatic N) is 1. The minimum absolute atomic E-state index is 0.125. The molecule has 0 bridgehead atoms. The maximum Gasteiger partial charge on any atom is 0.241 e. The summed E-state index contributed by atoms with van der Waals surface area (Å²) in [5.74, 6) is 0.954. The van der Waals surface area contributed by atoms with Crippen LogP contribution in [0.2, 0.25) is 0 Å². The predicted molar refractivity (Wildman–Crippen MR) is 78.7 cm³/mol. The fraction of sp³-hybridized carbons (Fsp3) is 0.533. The van der Waals surface area contributed by atoms with Gasteiger partial charge in [0, 0.05) is 32.7 Å². The molecule has 1 aromatic carbocycles. The number of carbonyl (C=O) groups excluding carboxylic acids is 1. The summed E-state index contributed by atoms with van der Waals surface area (Å²) in [4.78, 5) is 14.1. The van der Waals surface area contributed by atoms with E-state index in [0.717, 1.165) is 17.9 Å². The molecule has 2 atom stereocenters. The van der Waals surface area contributed by atoms with Crippen LogP contribution in [0, 0.1) is 0 Å². The molecule has 1 heterocycles. The number of likely N-dealkylation sites (N-methyl/N-ethyl adjacent to an activating group) is 1. The van der Waals surface area contributed by atoms with Gasteiger partial charge in [0.15, 0.2) is 0 Å². The second-order valence-electron chi connectivity index (χ2n) is 5.31. The number of piperazine rings is 1. The summed E-state index contributed by atoms with van der Waals surface area (Å²) in [7, 11) is 3.49. The van der Waals surface area contributed by atoms with Crippen molar-refractivity contribution in [1.29, 1.82) is 0 Å². The summed E-state index contributed by atoms with van der Waals surface area (Å²) in [5.41, 5.74) is 1.10. The predicted octanol–water partition coefficient (Wildman–Crippen LogP) is 0.604. The van der Waals surface area contributed by atoms with Crippen LogP contribution in [-0.4, -0.2) is 50.1 Å². The molecular weight excluding hydrogens is 254 g/mol. The van der Waals surface area contributed by atoms with E-state index in [2.05, 4.69) is 17.6 Å². The van der Waals surface area contributed by atoms with Crippen LogP contribution >= 0.6 is 0 Å². The average molecular weight is 277 g/mol. The first-order chi connectivity index (χ1) is 9.60. The number of ether oxygens (including phenoxy) is 1. The van der Waals surface area contributed by atoms with Gasteiger partial charge in [0.05, 0.1) is 13.2 Å². The van der Waals surface area contributed by atoms with Crippen LogP contribution in [0.15, 0.2) is 24.3 Å². The van der Waals surface area contributed by atoms with Gasteiger partial charge in [0.1, 0.15) is 5.75 Å². The summed E-state index contributed by atoms with van der Waals surface area (Å²) in [6, 6.07) is 8.08. The van der Waals surface area contributed by atoms with Crippen molar-refractivity contribution >= 4 is 5.91 Å². The average Bonchev–Trinajstić information content (AvgIpc) is 2.48. The van der Waals surface area contributed by atoms with Crippen molar-refractivity contribution < 1.29 is 9.53 Å². The monoisotopic (exact) mass is 277 g/mol. The van der Waals surface area contributed by atoms with Crippen molar-refractivity contribution in [2.75, 3.05) is 27.2 Å². The van der Waals surface area contributed by atoms with Gasteiger partial charge in [-0.25, -0.2) is 0 Å². The zero-order valence-electron chi connectivity index (χ0n) is 12.3. The van der Waals surface area contributed by atoms with Crippen molar-refractivity contribution in [3.63, 3.8) is 0 Å². The van der Waals surface area contributed by atoms with E-state index in [1.54, 1.807) is 12.0 Å². The third-order valence-electron chi connectivity index (χ3n) is 3.59. The number of amides is 1. The minimum Gasteiger partial charge on any atom is -0.497 e. The molecule has 0 radical (unpaired) electrons. The van der Waals surface area contributed by atoms with Crippen molar-refractivity contribution in [2.24, 2.45) is 0 Å². The van der Waals surface area contributed by atoms with Gasteiger partial charge in [0.2, 0.25) is 5.91 Å². The standard InChI is InChI=1S/C15H23N3O2/c1-11-8-17-14(9-16-11)15(19)18(2)10-12-4-6-13(20-3)7-5-12/h4-7,11,14,16-17H,8-10H2,1-3H3. The van der Waals surface area contributed by atoms with Crippen molar-refractivity contribution in [1.82, 2.24) is 15.5 Å². The molecule has 5 nitrogen and oxygen atoms in total. The fourth-order valence-electron chi connectivity index (χ4n) is 2.31. The summed E-state index contributed by atoms with van der Waals surface area (Å²) >= 11 is 0. The Balaban J connectivity index is 1.89. The molecule has 1 aliphatic rings. The highest BCUT2D eigenvalue weighted by Crippen LogP contribution is 2.13. The van der Waals surface area contributed by atoms with Gasteiger partial charge in [-0.2, -0.15) is 0 Å². The fourth-order valence-corrected chi connectivity index (χ4v) is 2.31. The number of carbonyl (C=O) groups is 1. The number of rotatable bonds is 4. The molecule has 0 spiro atoms. The van der Waals surface area contributed by atoms with Gasteiger partial charge < -0.3 is 20.3 Å². The summed E-state index contributed by atoms with van der Waals surface area (Å²) in [6.45, 7) is 4.23. The topological polar surface area (TPSA) is 53.6 Å². The lowest BCUT2D eigenvalue weighted by Crippen LogP contribution is -2.58. The maximum atomic E-state index is 12.3. The van der Waals surface area contributed by atoms with Crippen LogP contribution in [0.4, 0.5) is 0 Å². The van der Waals surface area contributed by atoms with Gasteiger partial charge in [0.25, 0.3) is 0 Å². The van der Waals surface area contributed by atoms with Crippen LogP contribution < -0.4 is 15.4 Å². The second kappa shape index (κ2) is 6.72. The van der Waals surface area contributed by atoms with Crippen LogP contribution in [0.1, 0.15) is 12.5 Å². The highest BCUT2D eigenvalue weighted by molar-refractivity contribution is 5.82. The third-order valence-corrected chi connectivity index (χ3v) is 3.59. The molecule has 0 aromatic heterocycles. The number of methoxy groups -OCH3 is 1. The Morgan fingerprint density at radius 1 is 1.30 bits per heavy atom. The van der Waals surface area contributed by atoms with Crippen molar-refractivity contribution in [2.45, 2.75) is 25.6 Å². The highest BCUT2D eigenvalue weighted by atomic mass is 16.5. The molecule has 20 heavy (non-hydrogen) atoms. The molecule has 2 N–H and O–H groups in total. The minimum atomic E-state index is -0.130. The van der Waals surface area contributed by atoms with Gasteiger partial charge in [-0.15, -0.1) is 0 Å². The molecule has 1 amide bonds. The molecule has 5 heteroatoms. The quantitative estimate of drug-likeness (QED) is 0.846. The molecular formula is C15H23N3O2. The number of hydrogen-bond donors (Lipinski definition) is 2. The number of benzene rings is 1. The number of nitrogens with one attached hydrogen (secondary N) is 2. The highest BCUT2D eigenvalue weighted by Gasteiger charge is 2.25. The first kappa shape index (κ1) is 14.8. The molecule has 1 fully saturated rings. The summed E-state index contributed by atoms with van der Waals surface area (Å²) in [5, 5.41) is 6.60. The van der Waals surface area contributed by atoms with E-state index < -0.39 is 0 Å². The SMILES string of the molecule is COc1ccc(CN(C)C(=O)C2CNC(C)CN2)cc1. The van der Waals surface area contributed by atoms with Gasteiger partial charge in [-0.05, 0) is 24.6 Å². The molecule has 110 valence electrons. The number of hydrogen-bond acceptors (Lipinski definition) is 4. The van der Waals surface area contributed by atoms with Gasteiger partial charge >= 0.3 is 0 Å². The Labute approximate surface area is 120 Å². The zero-order valence-corrected chi connectivity index (χ0v) is 12.3. The summed E-state index contributed by atoms with van der Waals surface area (Å²) < 4.78 is 5.13. The molecule has 2 rings (SSSR count). The van der Waals surface area contributed by atoms with Gasteiger partial charge in [-0.3, -0.25) is 4.79 Å². The third kappa shape index (κ3) is 3.71. The van der Waals surface area contributed by atoms with E-state index in [4.69, 9.17) is 4.74 Å². The van der Waals surface area contributed by atoms with Gasteiger partial charge in [-0.1, -0.05) is 12.1 Å². The largest absolute Gasteiger partial charge is 0.497 e. The second-order valence-corrected chi connectivity index (χ2v) is 5.31. The Kier molecular flexibility index (Phi) is 4.98. The van der Waals surface area contributed by atoms with E-state index in [1.807, 2.05) is 31.3 Å². The molecule has 0 aliphatic carbocycles. The Morgan fingerprint density at radius 2 is 2.00 bits per heavy atom. The van der Waals surface area contributed by atoms with Crippen LogP contribution in [0.5, 0.6) is 5.75 Å². The van der Waals surface area contributed by atoms with E-state index in [0.29, 0.717) is 19.1 Å². The van der Waals surface area contributed by atoms with E-state index in [-0.39, 0.29) is 11.9 Å². The van der Waals surface area contributed by atoms with Crippen molar-refractivity contribution in [3.8, 4) is 5.75 Å². The molecule has 1 aliphatic heterocycles. The molecule has 2 unspecified atom stereocenters. The molecule has 1 saturated heterocycles. The van der Waals surface area contributed by atoms with Crippen LogP contribution in [-0.2, 0) is 11.3 Å². The normalized spacial score (nSPS) is 22.4. The maximum absolute atomic E-state index is 12.3. The Morgan fingerprint density at radius 3 is 2.55 bits per heavy atom. The molecule has 1 aromatic rings. The van der Waals surface area contributed by atoms with Crippen LogP contribution in [0.3, 0.4) is 0 Å². The lowest BCUT2D eigenvalue weighted by atomic mass is 10.1. The first-order valence-corrected chi connectivity index (χ1v) is 6.95. The smallest absolute Gasteiger partial charge is 0.241 e. The zero-order chi connectivity index (χ0) is 14.5. The lowest BCUT2D eigenvalue weighted by Gasteiger charge is -2.31. The lowest BCUT2D eigenvalue weighted by molar-refractivity contribution is -0.133. The van der Waals surface area contributed by atoms with E-state index >= 15 is 0 Å². The Bertz CT molecular complexity index is 439. The van der Waals surface area contributed by atoms with E-state index in [1.165, 1.54) is 0 Å². The Hall–Kier alpha value is -1.59. The van der Waals surface area contributed by atoms with E-state index in [9.17, 15) is 4.79 Å². The summed E-state index contributed by atoms with van der Waals surface area (Å²) in [6.07, 6.45) is 0. The van der Waals surface area contributed by atoms with Crippen LogP contribution in [0.25, 0.3) is 0 Å². The molecule has 0 saturated carbocycles.